The molecular formula is C19H30N4O2. The van der Waals surface area contributed by atoms with E-state index in [0.717, 1.165) is 63.2 Å². The van der Waals surface area contributed by atoms with Gasteiger partial charge in [0.2, 0.25) is 0 Å². The molecule has 6 nitrogen and oxygen atoms in total. The van der Waals surface area contributed by atoms with Crippen LogP contribution in [0.25, 0.3) is 0 Å². The number of ether oxygens (including phenoxy) is 1. The highest BCUT2D eigenvalue weighted by molar-refractivity contribution is 5.92. The van der Waals surface area contributed by atoms with Crippen LogP contribution in [-0.4, -0.2) is 68.3 Å². The van der Waals surface area contributed by atoms with E-state index < -0.39 is 0 Å². The quantitative estimate of drug-likeness (QED) is 0.863. The predicted octanol–water partition coefficient (Wildman–Crippen LogP) is 2.30. The molecule has 0 atom stereocenters. The summed E-state index contributed by atoms with van der Waals surface area (Å²) in [5, 5.41) is 6.53. The molecule has 2 aliphatic heterocycles. The summed E-state index contributed by atoms with van der Waals surface area (Å²) in [5.74, 6) is 0.705. The van der Waals surface area contributed by atoms with Crippen molar-refractivity contribution in [3.05, 3.63) is 23.8 Å². The van der Waals surface area contributed by atoms with Gasteiger partial charge in [0.15, 0.2) is 0 Å². The van der Waals surface area contributed by atoms with Crippen molar-refractivity contribution in [2.45, 2.75) is 31.7 Å². The number of hydrogen-bond donors (Lipinski definition) is 2. The Morgan fingerprint density at radius 1 is 1.28 bits per heavy atom. The molecule has 2 heterocycles. The molecule has 0 aliphatic carbocycles. The third-order valence-electron chi connectivity index (χ3n) is 5.72. The molecule has 1 spiro atoms. The molecule has 1 aromatic carbocycles. The zero-order valence-corrected chi connectivity index (χ0v) is 15.6. The molecule has 138 valence electrons. The van der Waals surface area contributed by atoms with Gasteiger partial charge >= 0.3 is 6.03 Å². The molecular weight excluding hydrogens is 316 g/mol. The van der Waals surface area contributed by atoms with Gasteiger partial charge in [-0.2, -0.15) is 0 Å². The van der Waals surface area contributed by atoms with Gasteiger partial charge in [-0.1, -0.05) is 12.1 Å². The number of piperidine rings is 1. The fraction of sp³-hybridized carbons (Fsp3) is 0.632. The van der Waals surface area contributed by atoms with Crippen LogP contribution in [0.5, 0.6) is 5.75 Å². The number of aryl methyl sites for hydroxylation is 1. The van der Waals surface area contributed by atoms with E-state index in [2.05, 4.69) is 22.6 Å². The van der Waals surface area contributed by atoms with E-state index >= 15 is 0 Å². The maximum atomic E-state index is 13.0. The van der Waals surface area contributed by atoms with Gasteiger partial charge in [0, 0.05) is 25.2 Å². The smallest absolute Gasteiger partial charge is 0.322 e. The molecule has 0 radical (unpaired) electrons. The first kappa shape index (κ1) is 18.0. The normalized spacial score (nSPS) is 21.0. The summed E-state index contributed by atoms with van der Waals surface area (Å²) < 4.78 is 5.42. The first-order valence-electron chi connectivity index (χ1n) is 9.17. The fourth-order valence-electron chi connectivity index (χ4n) is 4.05. The van der Waals surface area contributed by atoms with E-state index in [4.69, 9.17) is 4.74 Å². The Kier molecular flexibility index (Phi) is 5.49. The number of benzene rings is 1. The van der Waals surface area contributed by atoms with Gasteiger partial charge in [0.1, 0.15) is 5.75 Å². The van der Waals surface area contributed by atoms with Crippen molar-refractivity contribution in [2.75, 3.05) is 52.2 Å². The van der Waals surface area contributed by atoms with Crippen molar-refractivity contribution in [2.24, 2.45) is 0 Å². The highest BCUT2D eigenvalue weighted by Gasteiger charge is 2.40. The highest BCUT2D eigenvalue weighted by Crippen LogP contribution is 2.31. The molecule has 3 rings (SSSR count). The fourth-order valence-corrected chi connectivity index (χ4v) is 4.05. The second kappa shape index (κ2) is 7.62. The minimum absolute atomic E-state index is 0.0270. The molecule has 2 fully saturated rings. The third-order valence-corrected chi connectivity index (χ3v) is 5.72. The van der Waals surface area contributed by atoms with Crippen molar-refractivity contribution in [3.63, 3.8) is 0 Å². The number of nitrogens with zero attached hydrogens (tertiary/aromatic N) is 2. The van der Waals surface area contributed by atoms with Crippen molar-refractivity contribution in [1.29, 1.82) is 0 Å². The number of carbonyl (C=O) groups is 1. The second-order valence-electron chi connectivity index (χ2n) is 7.25. The van der Waals surface area contributed by atoms with Crippen LogP contribution in [0.1, 0.15) is 24.8 Å². The predicted molar refractivity (Wildman–Crippen MR) is 100 cm³/mol. The molecule has 2 aliphatic rings. The van der Waals surface area contributed by atoms with Crippen LogP contribution in [0.4, 0.5) is 10.5 Å². The lowest BCUT2D eigenvalue weighted by Gasteiger charge is -2.45. The van der Waals surface area contributed by atoms with E-state index in [-0.39, 0.29) is 11.6 Å². The SMILES string of the molecule is COc1cccc(C)c1NC(=O)N1CCCN(C)C2(CCNCC2)C1. The van der Waals surface area contributed by atoms with Crippen LogP contribution >= 0.6 is 0 Å². The van der Waals surface area contributed by atoms with Crippen LogP contribution in [0, 0.1) is 6.92 Å². The Morgan fingerprint density at radius 3 is 2.76 bits per heavy atom. The van der Waals surface area contributed by atoms with E-state index in [1.807, 2.05) is 30.0 Å². The average molecular weight is 346 g/mol. The molecule has 0 bridgehead atoms. The first-order chi connectivity index (χ1) is 12.1. The van der Waals surface area contributed by atoms with Crippen LogP contribution in [0.15, 0.2) is 18.2 Å². The first-order valence-corrected chi connectivity index (χ1v) is 9.17. The molecule has 0 aromatic heterocycles. The van der Waals surface area contributed by atoms with Crippen LogP contribution < -0.4 is 15.4 Å². The van der Waals surface area contributed by atoms with Crippen LogP contribution in [0.3, 0.4) is 0 Å². The number of hydrogen-bond acceptors (Lipinski definition) is 4. The van der Waals surface area contributed by atoms with Gasteiger partial charge in [-0.25, -0.2) is 4.79 Å². The third kappa shape index (κ3) is 3.75. The van der Waals surface area contributed by atoms with Gasteiger partial charge in [0.05, 0.1) is 12.8 Å². The number of urea groups is 1. The van der Waals surface area contributed by atoms with Crippen molar-refractivity contribution < 1.29 is 9.53 Å². The van der Waals surface area contributed by atoms with E-state index in [1.165, 1.54) is 0 Å². The molecule has 2 amide bonds. The lowest BCUT2D eigenvalue weighted by atomic mass is 9.86. The Bertz CT molecular complexity index is 613. The number of anilines is 1. The van der Waals surface area contributed by atoms with Gasteiger partial charge in [-0.05, 0) is 58.0 Å². The summed E-state index contributed by atoms with van der Waals surface area (Å²) in [6.45, 7) is 6.64. The minimum atomic E-state index is -0.0270. The molecule has 1 aromatic rings. The Hall–Kier alpha value is -1.79. The van der Waals surface area contributed by atoms with Gasteiger partial charge in [-0.15, -0.1) is 0 Å². The minimum Gasteiger partial charge on any atom is -0.495 e. The number of likely N-dealkylation sites (N-methyl/N-ethyl adjacent to an activating group) is 1. The topological polar surface area (TPSA) is 56.8 Å². The summed E-state index contributed by atoms with van der Waals surface area (Å²) in [5.41, 5.74) is 1.87. The average Bonchev–Trinajstić information content (AvgIpc) is 2.77. The number of para-hydroxylation sites is 1. The lowest BCUT2D eigenvalue weighted by molar-refractivity contribution is 0.0744. The lowest BCUT2D eigenvalue weighted by Crippen LogP contribution is -2.58. The van der Waals surface area contributed by atoms with E-state index in [0.29, 0.717) is 5.75 Å². The molecule has 2 N–H and O–H groups in total. The number of carbonyl (C=O) groups excluding carboxylic acids is 1. The number of methoxy groups -OCH3 is 1. The summed E-state index contributed by atoms with van der Waals surface area (Å²) >= 11 is 0. The summed E-state index contributed by atoms with van der Waals surface area (Å²) in [7, 11) is 3.84. The molecule has 2 saturated heterocycles. The summed E-state index contributed by atoms with van der Waals surface area (Å²) in [4.78, 5) is 17.5. The number of amides is 2. The van der Waals surface area contributed by atoms with E-state index in [1.54, 1.807) is 7.11 Å². The molecule has 6 heteroatoms. The van der Waals surface area contributed by atoms with Gasteiger partial charge in [0.25, 0.3) is 0 Å². The molecule has 25 heavy (non-hydrogen) atoms. The summed E-state index contributed by atoms with van der Waals surface area (Å²) in [6.07, 6.45) is 3.17. The summed E-state index contributed by atoms with van der Waals surface area (Å²) in [6, 6.07) is 5.78. The standard InChI is InChI=1S/C19H30N4O2/c1-15-6-4-7-16(25-3)17(15)21-18(24)23-13-5-12-22(2)19(14-23)8-10-20-11-9-19/h4,6-7,20H,5,8-14H2,1-3H3,(H,21,24). The molecule has 0 unspecified atom stereocenters. The zero-order chi connectivity index (χ0) is 17.9. The Balaban J connectivity index is 1.77. The monoisotopic (exact) mass is 346 g/mol. The second-order valence-corrected chi connectivity index (χ2v) is 7.25. The largest absolute Gasteiger partial charge is 0.495 e. The van der Waals surface area contributed by atoms with Crippen molar-refractivity contribution in [1.82, 2.24) is 15.1 Å². The Morgan fingerprint density at radius 2 is 2.04 bits per heavy atom. The van der Waals surface area contributed by atoms with Gasteiger partial charge in [-0.3, -0.25) is 4.90 Å². The maximum Gasteiger partial charge on any atom is 0.322 e. The number of nitrogens with one attached hydrogen (secondary N) is 2. The van der Waals surface area contributed by atoms with Crippen LogP contribution in [-0.2, 0) is 0 Å². The van der Waals surface area contributed by atoms with E-state index in [9.17, 15) is 4.79 Å². The molecule has 0 saturated carbocycles. The highest BCUT2D eigenvalue weighted by atomic mass is 16.5. The van der Waals surface area contributed by atoms with Crippen LogP contribution in [0.2, 0.25) is 0 Å². The van der Waals surface area contributed by atoms with Crippen molar-refractivity contribution in [3.8, 4) is 5.75 Å². The zero-order valence-electron chi connectivity index (χ0n) is 15.6. The van der Waals surface area contributed by atoms with Gasteiger partial charge < -0.3 is 20.3 Å². The maximum absolute atomic E-state index is 13.0. The Labute approximate surface area is 150 Å². The number of rotatable bonds is 2. The van der Waals surface area contributed by atoms with Crippen molar-refractivity contribution >= 4 is 11.7 Å².